The quantitative estimate of drug-likeness (QED) is 0.0365. The molecule has 4 amide bonds. The molecular formula is C52H58N8O7. The predicted molar refractivity (Wildman–Crippen MR) is 254 cm³/mol. The van der Waals surface area contributed by atoms with Crippen molar-refractivity contribution in [3.8, 4) is 22.3 Å². The van der Waals surface area contributed by atoms with E-state index in [1.165, 1.54) is 5.56 Å². The van der Waals surface area contributed by atoms with Crippen molar-refractivity contribution in [3.63, 3.8) is 0 Å². The average Bonchev–Trinajstić information content (AvgIpc) is 4.01. The zero-order valence-corrected chi connectivity index (χ0v) is 37.6. The number of aromatic nitrogens is 4. The summed E-state index contributed by atoms with van der Waals surface area (Å²) in [7, 11) is 0. The number of alkyl carbamates (subject to hydrolysis) is 2. The Morgan fingerprint density at radius 3 is 1.85 bits per heavy atom. The van der Waals surface area contributed by atoms with Gasteiger partial charge in [-0.3, -0.25) is 4.79 Å². The van der Waals surface area contributed by atoms with Crippen LogP contribution in [-0.4, -0.2) is 87.6 Å². The molecule has 5 N–H and O–H groups in total. The van der Waals surface area contributed by atoms with Crippen molar-refractivity contribution in [2.24, 2.45) is 0 Å². The minimum absolute atomic E-state index is 0.0568. The highest BCUT2D eigenvalue weighted by atomic mass is 16.6. The normalized spacial score (nSPS) is 12.1. The SMILES string of the molecule is O=C(O)NCCCC[C@@H](c1nnn[nH]1)N(CCCNC(=O)OCC1c2ccccc2-c2ccccc21)C(=O)CCc1ccc(-c2ccc(CCCCNC(=O)OCc3ccccc3)cc2)cc1. The summed E-state index contributed by atoms with van der Waals surface area (Å²) >= 11 is 0. The number of hydrogen-bond donors (Lipinski definition) is 5. The van der Waals surface area contributed by atoms with Gasteiger partial charge in [-0.15, -0.1) is 5.10 Å². The van der Waals surface area contributed by atoms with Gasteiger partial charge in [0.05, 0.1) is 6.04 Å². The molecule has 6 aromatic rings. The van der Waals surface area contributed by atoms with Crippen molar-refractivity contribution < 1.29 is 33.8 Å². The minimum atomic E-state index is -1.09. The minimum Gasteiger partial charge on any atom is -0.465 e. The van der Waals surface area contributed by atoms with E-state index >= 15 is 0 Å². The number of aromatic amines is 1. The number of nitrogens with one attached hydrogen (secondary N) is 4. The topological polar surface area (TPSA) is 201 Å². The van der Waals surface area contributed by atoms with Gasteiger partial charge in [0.2, 0.25) is 5.91 Å². The molecule has 15 heteroatoms. The summed E-state index contributed by atoms with van der Waals surface area (Å²) in [5, 5.41) is 31.7. The van der Waals surface area contributed by atoms with Crippen molar-refractivity contribution >= 4 is 24.2 Å². The maximum Gasteiger partial charge on any atom is 0.407 e. The second kappa shape index (κ2) is 24.7. The van der Waals surface area contributed by atoms with Gasteiger partial charge in [-0.05, 0) is 112 Å². The highest BCUT2D eigenvalue weighted by Crippen LogP contribution is 2.44. The number of amides is 4. The summed E-state index contributed by atoms with van der Waals surface area (Å²) in [4.78, 5) is 52.0. The van der Waals surface area contributed by atoms with E-state index in [0.717, 1.165) is 63.8 Å². The fraction of sp³-hybridized carbons (Fsp3) is 0.327. The lowest BCUT2D eigenvalue weighted by molar-refractivity contribution is -0.134. The number of carboxylic acid groups (broad SMARTS) is 1. The number of tetrazole rings is 1. The monoisotopic (exact) mass is 906 g/mol. The van der Waals surface area contributed by atoms with E-state index in [-0.39, 0.29) is 44.5 Å². The number of carbonyl (C=O) groups is 4. The number of aryl methyl sites for hydroxylation is 2. The lowest BCUT2D eigenvalue weighted by Gasteiger charge is -2.30. The van der Waals surface area contributed by atoms with E-state index in [1.54, 1.807) is 4.90 Å². The molecule has 5 aromatic carbocycles. The summed E-state index contributed by atoms with van der Waals surface area (Å²) in [6.45, 7) is 1.88. The van der Waals surface area contributed by atoms with Crippen molar-refractivity contribution in [1.82, 2.24) is 41.5 Å². The third kappa shape index (κ3) is 14.0. The third-order valence-corrected chi connectivity index (χ3v) is 12.0. The molecule has 67 heavy (non-hydrogen) atoms. The molecule has 0 spiro atoms. The van der Waals surface area contributed by atoms with Crippen LogP contribution in [0.5, 0.6) is 0 Å². The Labute approximate surface area is 390 Å². The summed E-state index contributed by atoms with van der Waals surface area (Å²) in [5.41, 5.74) is 9.92. The fourth-order valence-corrected chi connectivity index (χ4v) is 8.49. The Kier molecular flexibility index (Phi) is 17.5. The van der Waals surface area contributed by atoms with Crippen LogP contribution in [0.3, 0.4) is 0 Å². The van der Waals surface area contributed by atoms with Crippen molar-refractivity contribution in [2.45, 2.75) is 76.4 Å². The Bertz CT molecular complexity index is 2460. The van der Waals surface area contributed by atoms with Crippen LogP contribution in [0.25, 0.3) is 22.3 Å². The largest absolute Gasteiger partial charge is 0.465 e. The molecule has 0 aliphatic heterocycles. The van der Waals surface area contributed by atoms with Gasteiger partial charge in [-0.2, -0.15) is 0 Å². The highest BCUT2D eigenvalue weighted by molar-refractivity contribution is 5.79. The van der Waals surface area contributed by atoms with Gasteiger partial charge in [-0.25, -0.2) is 19.5 Å². The van der Waals surface area contributed by atoms with E-state index in [4.69, 9.17) is 14.6 Å². The zero-order valence-electron chi connectivity index (χ0n) is 37.6. The molecule has 0 saturated carbocycles. The number of rotatable bonds is 24. The molecule has 0 unspecified atom stereocenters. The molecule has 0 bridgehead atoms. The third-order valence-electron chi connectivity index (χ3n) is 12.0. The molecular weight excluding hydrogens is 849 g/mol. The molecule has 1 heterocycles. The van der Waals surface area contributed by atoms with Crippen LogP contribution in [-0.2, 0) is 33.7 Å². The number of hydrogen-bond acceptors (Lipinski definition) is 9. The number of H-pyrrole nitrogens is 1. The lowest BCUT2D eigenvalue weighted by Crippen LogP contribution is -2.38. The molecule has 1 aromatic heterocycles. The summed E-state index contributed by atoms with van der Waals surface area (Å²) in [6.07, 6.45) is 3.52. The molecule has 1 aliphatic rings. The summed E-state index contributed by atoms with van der Waals surface area (Å²) in [5.74, 6) is 0.288. The standard InChI is InChI=1S/C52H58N8O7/c61-48(30-25-38-23-28-41(29-24-38)40-26-21-37(22-27-40)13-8-10-32-54-51(64)66-35-39-14-2-1-3-15-39)60(47(49-56-58-59-57-49)20-9-11-31-53-50(62)63)34-12-33-55-52(65)67-36-46-44-18-6-4-16-42(44)43-17-5-7-19-45(43)46/h1-7,14-19,21-24,26-29,46-47,53H,8-13,20,25,30-36H2,(H,54,64)(H,55,65)(H,62,63)(H,56,57,58,59)/t47-/m0/s1. The number of benzene rings is 5. The molecule has 0 saturated heterocycles. The van der Waals surface area contributed by atoms with Crippen LogP contribution < -0.4 is 16.0 Å². The van der Waals surface area contributed by atoms with Gasteiger partial charge < -0.3 is 35.4 Å². The van der Waals surface area contributed by atoms with Crippen molar-refractivity contribution in [2.75, 3.05) is 32.8 Å². The Morgan fingerprint density at radius 2 is 1.21 bits per heavy atom. The predicted octanol–water partition coefficient (Wildman–Crippen LogP) is 8.99. The highest BCUT2D eigenvalue weighted by Gasteiger charge is 2.30. The van der Waals surface area contributed by atoms with E-state index < -0.39 is 24.3 Å². The van der Waals surface area contributed by atoms with Crippen molar-refractivity contribution in [3.05, 3.63) is 161 Å². The number of carbonyl (C=O) groups excluding carboxylic acids is 3. The van der Waals surface area contributed by atoms with Gasteiger partial charge in [0, 0.05) is 38.5 Å². The molecule has 1 aliphatic carbocycles. The van der Waals surface area contributed by atoms with Gasteiger partial charge >= 0.3 is 18.3 Å². The summed E-state index contributed by atoms with van der Waals surface area (Å²) in [6, 6.07) is 42.2. The molecule has 0 fully saturated rings. The molecule has 348 valence electrons. The first-order chi connectivity index (χ1) is 32.8. The Balaban J connectivity index is 0.888. The zero-order chi connectivity index (χ0) is 46.6. The van der Waals surface area contributed by atoms with Gasteiger partial charge in [0.15, 0.2) is 5.82 Å². The first-order valence-electron chi connectivity index (χ1n) is 23.0. The van der Waals surface area contributed by atoms with E-state index in [9.17, 15) is 19.2 Å². The van der Waals surface area contributed by atoms with Gasteiger partial charge in [0.1, 0.15) is 13.2 Å². The molecule has 15 nitrogen and oxygen atoms in total. The van der Waals surface area contributed by atoms with Crippen molar-refractivity contribution in [1.29, 1.82) is 0 Å². The first-order valence-corrected chi connectivity index (χ1v) is 23.0. The fourth-order valence-electron chi connectivity index (χ4n) is 8.49. The van der Waals surface area contributed by atoms with Crippen LogP contribution in [0.1, 0.15) is 90.5 Å². The maximum absolute atomic E-state index is 14.2. The number of fused-ring (bicyclic) bond motifs is 3. The van der Waals surface area contributed by atoms with Crippen LogP contribution in [0.15, 0.2) is 127 Å². The lowest BCUT2D eigenvalue weighted by atomic mass is 9.98. The maximum atomic E-state index is 14.2. The Hall–Kier alpha value is -7.55. The summed E-state index contributed by atoms with van der Waals surface area (Å²) < 4.78 is 11.0. The number of nitrogens with zero attached hydrogens (tertiary/aromatic N) is 4. The van der Waals surface area contributed by atoms with Crippen LogP contribution in [0.2, 0.25) is 0 Å². The second-order valence-electron chi connectivity index (χ2n) is 16.6. The van der Waals surface area contributed by atoms with E-state index in [0.29, 0.717) is 51.0 Å². The van der Waals surface area contributed by atoms with E-state index in [2.05, 4.69) is 97.2 Å². The molecule has 1 atom stereocenters. The van der Waals surface area contributed by atoms with Crippen LogP contribution in [0, 0.1) is 0 Å². The number of ether oxygens (including phenoxy) is 2. The Morgan fingerprint density at radius 1 is 0.627 bits per heavy atom. The average molecular weight is 907 g/mol. The van der Waals surface area contributed by atoms with Crippen LogP contribution >= 0.6 is 0 Å². The molecule has 0 radical (unpaired) electrons. The second-order valence-corrected chi connectivity index (χ2v) is 16.6. The van der Waals surface area contributed by atoms with E-state index in [1.807, 2.05) is 66.7 Å². The smallest absolute Gasteiger partial charge is 0.407 e. The van der Waals surface area contributed by atoms with Gasteiger partial charge in [0.25, 0.3) is 0 Å². The first kappa shape index (κ1) is 47.4. The number of unbranched alkanes of at least 4 members (excludes halogenated alkanes) is 2. The van der Waals surface area contributed by atoms with Crippen LogP contribution in [0.4, 0.5) is 14.4 Å². The van der Waals surface area contributed by atoms with Gasteiger partial charge in [-0.1, -0.05) is 127 Å². The molecule has 7 rings (SSSR count).